The Bertz CT molecular complexity index is 608. The van der Waals surface area contributed by atoms with Gasteiger partial charge in [-0.15, -0.1) is 11.3 Å². The molecule has 0 bridgehead atoms. The molecule has 17 heavy (non-hydrogen) atoms. The number of carboxylic acid groups (broad SMARTS) is 1. The number of aromatic nitrogens is 2. The Morgan fingerprint density at radius 1 is 1.35 bits per heavy atom. The van der Waals surface area contributed by atoms with Gasteiger partial charge in [-0.3, -0.25) is 4.79 Å². The van der Waals surface area contributed by atoms with E-state index in [0.29, 0.717) is 16.0 Å². The summed E-state index contributed by atoms with van der Waals surface area (Å²) in [6, 6.07) is 0. The third-order valence-electron chi connectivity index (χ3n) is 2.30. The van der Waals surface area contributed by atoms with Gasteiger partial charge >= 0.3 is 5.97 Å². The molecular formula is C10H9N3O3S. The van der Waals surface area contributed by atoms with Gasteiger partial charge in [0.1, 0.15) is 15.2 Å². The number of hydrogen-bond acceptors (Lipinski definition) is 5. The summed E-state index contributed by atoms with van der Waals surface area (Å²) in [6.45, 7) is 1.37. The average molecular weight is 251 g/mol. The smallest absolute Gasteiger partial charge is 0.348 e. The number of carboxylic acids is 1. The minimum absolute atomic E-state index is 0.0731. The lowest BCUT2D eigenvalue weighted by Gasteiger charge is -2.14. The van der Waals surface area contributed by atoms with Crippen molar-refractivity contribution in [1.82, 2.24) is 9.97 Å². The molecule has 2 aromatic heterocycles. The quantitative estimate of drug-likeness (QED) is 0.871. The molecule has 1 N–H and O–H groups in total. The van der Waals surface area contributed by atoms with E-state index in [4.69, 9.17) is 5.11 Å². The summed E-state index contributed by atoms with van der Waals surface area (Å²) in [4.78, 5) is 32.5. The molecular weight excluding hydrogens is 242 g/mol. The van der Waals surface area contributed by atoms with Crippen LogP contribution in [0.5, 0.6) is 0 Å². The molecule has 0 spiro atoms. The van der Waals surface area contributed by atoms with E-state index >= 15 is 0 Å². The molecule has 0 fully saturated rings. The second kappa shape index (κ2) is 4.10. The number of carbonyl (C=O) groups excluding carboxylic acids is 1. The zero-order valence-corrected chi connectivity index (χ0v) is 9.98. The Morgan fingerprint density at radius 2 is 2.00 bits per heavy atom. The third-order valence-corrected chi connectivity index (χ3v) is 3.37. The van der Waals surface area contributed by atoms with Crippen molar-refractivity contribution in [2.24, 2.45) is 0 Å². The maximum Gasteiger partial charge on any atom is 0.348 e. The van der Waals surface area contributed by atoms with E-state index in [2.05, 4.69) is 9.97 Å². The Kier molecular flexibility index (Phi) is 2.76. The highest BCUT2D eigenvalue weighted by molar-refractivity contribution is 7.21. The van der Waals surface area contributed by atoms with Crippen LogP contribution in [0.25, 0.3) is 10.3 Å². The highest BCUT2D eigenvalue weighted by Crippen LogP contribution is 2.35. The van der Waals surface area contributed by atoms with E-state index in [9.17, 15) is 9.59 Å². The van der Waals surface area contributed by atoms with Crippen LogP contribution in [0.4, 0.5) is 5.69 Å². The highest BCUT2D eigenvalue weighted by atomic mass is 32.1. The third kappa shape index (κ3) is 1.84. The van der Waals surface area contributed by atoms with Crippen molar-refractivity contribution >= 4 is 39.2 Å². The van der Waals surface area contributed by atoms with Gasteiger partial charge in [-0.2, -0.15) is 0 Å². The van der Waals surface area contributed by atoms with Gasteiger partial charge < -0.3 is 10.0 Å². The molecule has 6 nitrogen and oxygen atoms in total. The van der Waals surface area contributed by atoms with Gasteiger partial charge in [0.2, 0.25) is 5.91 Å². The fraction of sp³-hybridized carbons (Fsp3) is 0.200. The van der Waals surface area contributed by atoms with Crippen LogP contribution in [0.2, 0.25) is 0 Å². The van der Waals surface area contributed by atoms with Gasteiger partial charge in [-0.1, -0.05) is 0 Å². The van der Waals surface area contributed by atoms with E-state index in [1.54, 1.807) is 0 Å². The molecule has 1 amide bonds. The lowest BCUT2D eigenvalue weighted by Crippen LogP contribution is -2.24. The summed E-state index contributed by atoms with van der Waals surface area (Å²) >= 11 is 1.01. The zero-order chi connectivity index (χ0) is 12.6. The van der Waals surface area contributed by atoms with Crippen LogP contribution in [0.1, 0.15) is 16.6 Å². The molecule has 0 aliphatic carbocycles. The van der Waals surface area contributed by atoms with E-state index < -0.39 is 5.97 Å². The van der Waals surface area contributed by atoms with Crippen molar-refractivity contribution in [3.8, 4) is 0 Å². The lowest BCUT2D eigenvalue weighted by molar-refractivity contribution is -0.116. The number of anilines is 1. The van der Waals surface area contributed by atoms with Crippen LogP contribution < -0.4 is 4.90 Å². The first-order chi connectivity index (χ1) is 8.02. The molecule has 2 aromatic rings. The van der Waals surface area contributed by atoms with Crippen LogP contribution in [0.3, 0.4) is 0 Å². The summed E-state index contributed by atoms with van der Waals surface area (Å²) in [6.07, 6.45) is 2.96. The number of carbonyl (C=O) groups is 2. The topological polar surface area (TPSA) is 83.4 Å². The Labute approximate surface area is 101 Å². The number of rotatable bonds is 2. The summed E-state index contributed by atoms with van der Waals surface area (Å²) in [5, 5.41) is 9.11. The van der Waals surface area contributed by atoms with Gasteiger partial charge in [-0.05, 0) is 0 Å². The van der Waals surface area contributed by atoms with E-state index in [1.165, 1.54) is 31.3 Å². The predicted octanol–water partition coefficient (Wildman–Crippen LogP) is 1.37. The monoisotopic (exact) mass is 251 g/mol. The Morgan fingerprint density at radius 3 is 2.59 bits per heavy atom. The zero-order valence-electron chi connectivity index (χ0n) is 9.17. The van der Waals surface area contributed by atoms with Crippen molar-refractivity contribution in [1.29, 1.82) is 0 Å². The Hall–Kier alpha value is -2.02. The second-order valence-corrected chi connectivity index (χ2v) is 4.37. The summed E-state index contributed by atoms with van der Waals surface area (Å²) in [5.41, 5.74) is 0.741. The van der Waals surface area contributed by atoms with Crippen LogP contribution in [0.15, 0.2) is 12.4 Å². The van der Waals surface area contributed by atoms with Crippen molar-refractivity contribution in [2.45, 2.75) is 6.92 Å². The first kappa shape index (κ1) is 11.5. The predicted molar refractivity (Wildman–Crippen MR) is 63.5 cm³/mol. The molecule has 0 aliphatic heterocycles. The molecule has 0 aromatic carbocycles. The fourth-order valence-electron chi connectivity index (χ4n) is 1.43. The minimum Gasteiger partial charge on any atom is -0.477 e. The summed E-state index contributed by atoms with van der Waals surface area (Å²) in [5.74, 6) is -1.34. The molecule has 2 rings (SSSR count). The molecule has 0 unspecified atom stereocenters. The maximum atomic E-state index is 11.4. The van der Waals surface area contributed by atoms with Crippen molar-refractivity contribution in [3.05, 3.63) is 17.3 Å². The van der Waals surface area contributed by atoms with Crippen LogP contribution in [-0.2, 0) is 4.79 Å². The lowest BCUT2D eigenvalue weighted by atomic mass is 10.3. The average Bonchev–Trinajstić information content (AvgIpc) is 2.67. The number of thiophene rings is 1. The largest absolute Gasteiger partial charge is 0.477 e. The van der Waals surface area contributed by atoms with Crippen molar-refractivity contribution in [2.75, 3.05) is 11.9 Å². The van der Waals surface area contributed by atoms with Gasteiger partial charge in [-0.25, -0.2) is 14.8 Å². The van der Waals surface area contributed by atoms with Gasteiger partial charge in [0.15, 0.2) is 0 Å². The van der Waals surface area contributed by atoms with Gasteiger partial charge in [0.25, 0.3) is 0 Å². The number of aromatic carboxylic acids is 1. The molecule has 2 heterocycles. The first-order valence-electron chi connectivity index (χ1n) is 4.73. The molecule has 0 saturated carbocycles. The fourth-order valence-corrected chi connectivity index (χ4v) is 2.40. The van der Waals surface area contributed by atoms with Gasteiger partial charge in [0.05, 0.1) is 5.69 Å². The van der Waals surface area contributed by atoms with Crippen LogP contribution in [0, 0.1) is 0 Å². The van der Waals surface area contributed by atoms with Crippen molar-refractivity contribution in [3.63, 3.8) is 0 Å². The molecule has 0 atom stereocenters. The molecule has 0 radical (unpaired) electrons. The highest BCUT2D eigenvalue weighted by Gasteiger charge is 2.24. The number of hydrogen-bond donors (Lipinski definition) is 1. The number of fused-ring (bicyclic) bond motifs is 1. The maximum absolute atomic E-state index is 11.4. The van der Waals surface area contributed by atoms with E-state index in [-0.39, 0.29) is 10.8 Å². The normalized spacial score (nSPS) is 10.5. The van der Waals surface area contributed by atoms with Crippen LogP contribution >= 0.6 is 11.3 Å². The molecule has 88 valence electrons. The molecule has 0 aliphatic rings. The minimum atomic E-state index is -1.09. The number of nitrogens with zero attached hydrogens (tertiary/aromatic N) is 3. The van der Waals surface area contributed by atoms with Gasteiger partial charge in [0, 0.05) is 26.4 Å². The molecule has 0 saturated heterocycles. The number of amides is 1. The first-order valence-corrected chi connectivity index (χ1v) is 5.55. The van der Waals surface area contributed by atoms with E-state index in [0.717, 1.165) is 11.3 Å². The second-order valence-electron chi connectivity index (χ2n) is 3.37. The summed E-state index contributed by atoms with van der Waals surface area (Å²) < 4.78 is 0. The SMILES string of the molecule is CC(=O)N(C)c1c(C(=O)O)sc2nccnc12. The Balaban J connectivity index is 2.76. The standard InChI is InChI=1S/C10H9N3O3S/c1-5(14)13(2)7-6-9(12-4-3-11-6)17-8(7)10(15)16/h3-4H,1-2H3,(H,15,16). The summed E-state index contributed by atoms with van der Waals surface area (Å²) in [7, 11) is 1.52. The molecule has 7 heteroatoms. The van der Waals surface area contributed by atoms with Crippen LogP contribution in [-0.4, -0.2) is 34.0 Å². The van der Waals surface area contributed by atoms with E-state index in [1.807, 2.05) is 0 Å². The van der Waals surface area contributed by atoms with Crippen molar-refractivity contribution < 1.29 is 14.7 Å².